The molecule has 1 aliphatic heterocycles. The maximum atomic E-state index is 11.8. The first kappa shape index (κ1) is 23.8. The van der Waals surface area contributed by atoms with Gasteiger partial charge in [-0.15, -0.1) is 0 Å². The lowest BCUT2D eigenvalue weighted by atomic mass is 10.0. The minimum Gasteiger partial charge on any atom is -0.394 e. The molecule has 0 aromatic rings. The minimum absolute atomic E-state index is 0.0336. The third-order valence-corrected chi connectivity index (χ3v) is 4.40. The first-order valence-electron chi connectivity index (χ1n) is 9.77. The normalized spacial score (nSPS) is 25.2. The molecule has 1 saturated heterocycles. The summed E-state index contributed by atoms with van der Waals surface area (Å²) in [4.78, 5) is 23.1. The summed E-state index contributed by atoms with van der Waals surface area (Å²) in [6.07, 6.45) is 2.85. The summed E-state index contributed by atoms with van der Waals surface area (Å²) in [6.45, 7) is 2.72. The van der Waals surface area contributed by atoms with Crippen molar-refractivity contribution in [1.29, 1.82) is 0 Å². The molecule has 0 spiro atoms. The largest absolute Gasteiger partial charge is 0.394 e. The zero-order chi connectivity index (χ0) is 20.1. The number of ether oxygens (including phenoxy) is 2. The lowest BCUT2D eigenvalue weighted by Crippen LogP contribution is -2.58. The van der Waals surface area contributed by atoms with Crippen LogP contribution >= 0.6 is 0 Å². The van der Waals surface area contributed by atoms with Gasteiger partial charge in [0.1, 0.15) is 6.04 Å². The summed E-state index contributed by atoms with van der Waals surface area (Å²) < 4.78 is 11.2. The van der Waals surface area contributed by atoms with Crippen LogP contribution in [0.2, 0.25) is 0 Å². The summed E-state index contributed by atoms with van der Waals surface area (Å²) in [7, 11) is 0. The molecular formula is C18H35N3O6. The molecule has 9 heteroatoms. The van der Waals surface area contributed by atoms with Crippen LogP contribution in [0.15, 0.2) is 0 Å². The van der Waals surface area contributed by atoms with Crippen LogP contribution in [0.4, 0.5) is 0 Å². The van der Waals surface area contributed by atoms with Gasteiger partial charge in [0.05, 0.1) is 25.4 Å². The fourth-order valence-corrected chi connectivity index (χ4v) is 2.96. The quantitative estimate of drug-likeness (QED) is 0.264. The first-order valence-corrected chi connectivity index (χ1v) is 9.77. The van der Waals surface area contributed by atoms with Gasteiger partial charge < -0.3 is 36.1 Å². The number of nitrogens with one attached hydrogen (secondary N) is 2. The Morgan fingerprint density at radius 2 is 1.96 bits per heavy atom. The van der Waals surface area contributed by atoms with E-state index in [9.17, 15) is 19.8 Å². The van der Waals surface area contributed by atoms with Gasteiger partial charge in [-0.1, -0.05) is 12.8 Å². The number of amides is 2. The van der Waals surface area contributed by atoms with Crippen molar-refractivity contribution in [3.8, 4) is 0 Å². The number of rotatable bonds is 13. The molecule has 4 atom stereocenters. The third kappa shape index (κ3) is 10.0. The van der Waals surface area contributed by atoms with E-state index in [2.05, 4.69) is 10.6 Å². The van der Waals surface area contributed by atoms with Crippen molar-refractivity contribution < 1.29 is 29.3 Å². The molecule has 9 nitrogen and oxygen atoms in total. The fourth-order valence-electron chi connectivity index (χ4n) is 2.96. The summed E-state index contributed by atoms with van der Waals surface area (Å²) in [5.41, 5.74) is 5.43. The molecule has 1 fully saturated rings. The zero-order valence-corrected chi connectivity index (χ0v) is 16.2. The van der Waals surface area contributed by atoms with E-state index in [0.717, 1.165) is 25.7 Å². The van der Waals surface area contributed by atoms with Crippen LogP contribution in [0, 0.1) is 0 Å². The van der Waals surface area contributed by atoms with Crippen LogP contribution in [0.1, 0.15) is 51.9 Å². The van der Waals surface area contributed by atoms with E-state index in [1.165, 1.54) is 6.92 Å². The molecule has 6 N–H and O–H groups in total. The van der Waals surface area contributed by atoms with Crippen molar-refractivity contribution in [3.05, 3.63) is 0 Å². The lowest BCUT2D eigenvalue weighted by Gasteiger charge is -2.39. The van der Waals surface area contributed by atoms with Crippen molar-refractivity contribution >= 4 is 11.8 Å². The first-order chi connectivity index (χ1) is 13.0. The number of unbranched alkanes of at least 4 members (excludes halogenated alkanes) is 3. The van der Waals surface area contributed by atoms with Gasteiger partial charge in [-0.05, 0) is 25.8 Å². The Morgan fingerprint density at radius 3 is 2.63 bits per heavy atom. The van der Waals surface area contributed by atoms with Crippen molar-refractivity contribution in [3.63, 3.8) is 0 Å². The van der Waals surface area contributed by atoms with E-state index in [-0.39, 0.29) is 31.4 Å². The van der Waals surface area contributed by atoms with Crippen LogP contribution in [-0.4, -0.2) is 72.9 Å². The molecule has 2 amide bonds. The Kier molecular flexibility index (Phi) is 12.2. The highest BCUT2D eigenvalue weighted by molar-refractivity contribution is 5.75. The highest BCUT2D eigenvalue weighted by Crippen LogP contribution is 2.21. The monoisotopic (exact) mass is 389 g/mol. The summed E-state index contributed by atoms with van der Waals surface area (Å²) in [5, 5.41) is 24.9. The standard InChI is InChI=1S/C18H35N3O6/c1-13(23)21-17-15(24)11-14(12-22)27-18(17)26-10-6-7-16(25)20-9-5-3-2-4-8-19/h14-15,17-18,22,24H,2-12,19H2,1H3,(H,20,25)(H,21,23). The zero-order valence-electron chi connectivity index (χ0n) is 16.2. The fraction of sp³-hybridized carbons (Fsp3) is 0.889. The minimum atomic E-state index is -0.868. The molecule has 158 valence electrons. The smallest absolute Gasteiger partial charge is 0.220 e. The third-order valence-electron chi connectivity index (χ3n) is 4.40. The highest BCUT2D eigenvalue weighted by atomic mass is 16.7. The van der Waals surface area contributed by atoms with Crippen LogP contribution in [0.3, 0.4) is 0 Å². The van der Waals surface area contributed by atoms with E-state index >= 15 is 0 Å². The highest BCUT2D eigenvalue weighted by Gasteiger charge is 2.38. The number of hydrogen-bond donors (Lipinski definition) is 5. The van der Waals surface area contributed by atoms with E-state index in [1.807, 2.05) is 0 Å². The Balaban J connectivity index is 2.25. The van der Waals surface area contributed by atoms with Crippen molar-refractivity contribution in [1.82, 2.24) is 10.6 Å². The number of carbonyl (C=O) groups excluding carboxylic acids is 2. The molecule has 0 saturated carbocycles. The Hall–Kier alpha value is -1.26. The summed E-state index contributed by atoms with van der Waals surface area (Å²) in [5.74, 6) is -0.335. The van der Waals surface area contributed by atoms with Crippen LogP contribution in [0.5, 0.6) is 0 Å². The number of hydrogen-bond acceptors (Lipinski definition) is 7. The van der Waals surface area contributed by atoms with Gasteiger partial charge in [0.15, 0.2) is 6.29 Å². The molecule has 0 radical (unpaired) electrons. The van der Waals surface area contributed by atoms with E-state index in [4.69, 9.17) is 15.2 Å². The van der Waals surface area contributed by atoms with Crippen LogP contribution in [0.25, 0.3) is 0 Å². The average Bonchev–Trinajstić information content (AvgIpc) is 2.63. The summed E-state index contributed by atoms with van der Waals surface area (Å²) in [6, 6.07) is -0.701. The number of aliphatic hydroxyl groups excluding tert-OH is 2. The topological polar surface area (TPSA) is 143 Å². The van der Waals surface area contributed by atoms with Crippen molar-refractivity contribution in [2.45, 2.75) is 76.4 Å². The molecule has 1 heterocycles. The molecule has 1 aliphatic rings. The number of carbonyl (C=O) groups is 2. The summed E-state index contributed by atoms with van der Waals surface area (Å²) >= 11 is 0. The predicted molar refractivity (Wildman–Crippen MR) is 99.7 cm³/mol. The molecule has 27 heavy (non-hydrogen) atoms. The van der Waals surface area contributed by atoms with Gasteiger partial charge in [0, 0.05) is 26.3 Å². The number of nitrogens with two attached hydrogens (primary N) is 1. The van der Waals surface area contributed by atoms with Gasteiger partial charge >= 0.3 is 0 Å². The van der Waals surface area contributed by atoms with Crippen molar-refractivity contribution in [2.24, 2.45) is 5.73 Å². The SMILES string of the molecule is CC(=O)NC1C(O)CC(CO)OC1OCCCC(=O)NCCCCCCN. The van der Waals surface area contributed by atoms with Gasteiger partial charge in [-0.25, -0.2) is 0 Å². The van der Waals surface area contributed by atoms with E-state index in [1.54, 1.807) is 0 Å². The molecule has 4 unspecified atom stereocenters. The van der Waals surface area contributed by atoms with Gasteiger partial charge in [0.2, 0.25) is 11.8 Å². The second kappa shape index (κ2) is 13.8. The Morgan fingerprint density at radius 1 is 1.22 bits per heavy atom. The molecule has 0 aromatic heterocycles. The second-order valence-electron chi connectivity index (χ2n) is 6.87. The molecule has 0 aliphatic carbocycles. The predicted octanol–water partition coefficient (Wildman–Crippen LogP) is -0.609. The lowest BCUT2D eigenvalue weighted by molar-refractivity contribution is -0.237. The molecular weight excluding hydrogens is 354 g/mol. The van der Waals surface area contributed by atoms with Gasteiger partial charge in [0.25, 0.3) is 0 Å². The molecule has 1 rings (SSSR count). The Bertz CT molecular complexity index is 437. The van der Waals surface area contributed by atoms with E-state index in [0.29, 0.717) is 25.9 Å². The maximum absolute atomic E-state index is 11.8. The Labute approximate surface area is 161 Å². The van der Waals surface area contributed by atoms with Gasteiger partial charge in [-0.2, -0.15) is 0 Å². The van der Waals surface area contributed by atoms with Gasteiger partial charge in [-0.3, -0.25) is 9.59 Å². The van der Waals surface area contributed by atoms with Crippen LogP contribution < -0.4 is 16.4 Å². The van der Waals surface area contributed by atoms with E-state index < -0.39 is 24.5 Å². The molecule has 0 bridgehead atoms. The van der Waals surface area contributed by atoms with Crippen molar-refractivity contribution in [2.75, 3.05) is 26.3 Å². The average molecular weight is 389 g/mol. The number of aliphatic hydroxyl groups is 2. The maximum Gasteiger partial charge on any atom is 0.220 e. The second-order valence-corrected chi connectivity index (χ2v) is 6.87. The van der Waals surface area contributed by atoms with Crippen LogP contribution in [-0.2, 0) is 19.1 Å². The molecule has 0 aromatic carbocycles.